The average molecular weight is 294 g/mol. The van der Waals surface area contributed by atoms with E-state index in [0.29, 0.717) is 24.7 Å². The van der Waals surface area contributed by atoms with Gasteiger partial charge in [-0.05, 0) is 25.5 Å². The van der Waals surface area contributed by atoms with E-state index >= 15 is 0 Å². The van der Waals surface area contributed by atoms with Crippen LogP contribution >= 0.6 is 0 Å². The van der Waals surface area contributed by atoms with Crippen molar-refractivity contribution >= 4 is 11.7 Å². The van der Waals surface area contributed by atoms with E-state index in [1.807, 2.05) is 6.92 Å². The zero-order valence-electron chi connectivity index (χ0n) is 12.5. The van der Waals surface area contributed by atoms with Crippen LogP contribution in [0.25, 0.3) is 0 Å². The summed E-state index contributed by atoms with van der Waals surface area (Å²) in [5.41, 5.74) is 0.308. The minimum absolute atomic E-state index is 0.0417. The molecule has 7 heteroatoms. The number of nitrogens with one attached hydrogen (secondary N) is 1. The largest absolute Gasteiger partial charge is 0.394 e. The molecule has 1 aliphatic rings. The Balaban J connectivity index is 2.04. The summed E-state index contributed by atoms with van der Waals surface area (Å²) in [6.07, 6.45) is 0.666. The van der Waals surface area contributed by atoms with E-state index in [9.17, 15) is 4.79 Å². The molecule has 21 heavy (non-hydrogen) atoms. The van der Waals surface area contributed by atoms with Crippen molar-refractivity contribution < 1.29 is 14.6 Å². The first-order chi connectivity index (χ1) is 10.2. The molecule has 1 aromatic rings. The maximum atomic E-state index is 12.5. The number of ether oxygens (including phenoxy) is 1. The molecular weight excluding hydrogens is 272 g/mol. The molecule has 1 fully saturated rings. The average Bonchev–Trinajstić information content (AvgIpc) is 2.53. The lowest BCUT2D eigenvalue weighted by atomic mass is 10.2. The van der Waals surface area contributed by atoms with Crippen LogP contribution in [0.15, 0.2) is 12.1 Å². The van der Waals surface area contributed by atoms with Crippen LogP contribution in [0.5, 0.6) is 0 Å². The number of aromatic nitrogens is 2. The van der Waals surface area contributed by atoms with Gasteiger partial charge in [0.15, 0.2) is 5.69 Å². The van der Waals surface area contributed by atoms with Gasteiger partial charge < -0.3 is 20.1 Å². The fourth-order valence-electron chi connectivity index (χ4n) is 2.15. The Morgan fingerprint density at radius 2 is 2.33 bits per heavy atom. The highest BCUT2D eigenvalue weighted by Gasteiger charge is 2.30. The highest BCUT2D eigenvalue weighted by Crippen LogP contribution is 2.15. The Kier molecular flexibility index (Phi) is 5.46. The predicted octanol–water partition coefficient (Wildman–Crippen LogP) is 0.520. The topological polar surface area (TPSA) is 87.6 Å². The molecular formula is C14H22N4O3. The molecule has 0 radical (unpaired) electrons. The number of amides is 1. The zero-order chi connectivity index (χ0) is 15.2. The lowest BCUT2D eigenvalue weighted by Gasteiger charge is -2.37. The van der Waals surface area contributed by atoms with Crippen LogP contribution in [0.2, 0.25) is 0 Å². The standard InChI is InChI=1S/C14H22N4O3/c1-3-6-15-13-5-4-12(16-17-13)14(20)18-7-11(8-19)21-9-10(18)2/h4-5,10-11,19H,3,6-9H2,1-2H3,(H,15,17). The number of anilines is 1. The number of carbonyl (C=O) groups excluding carboxylic acids is 1. The summed E-state index contributed by atoms with van der Waals surface area (Å²) in [6.45, 7) is 5.49. The van der Waals surface area contributed by atoms with Crippen LogP contribution in [-0.4, -0.2) is 64.6 Å². The number of rotatable bonds is 5. The lowest BCUT2D eigenvalue weighted by molar-refractivity contribution is -0.0669. The summed E-state index contributed by atoms with van der Waals surface area (Å²) in [4.78, 5) is 14.1. The Bertz CT molecular complexity index is 466. The third-order valence-corrected chi connectivity index (χ3v) is 3.41. The maximum absolute atomic E-state index is 12.5. The summed E-state index contributed by atoms with van der Waals surface area (Å²) < 4.78 is 5.43. The fourth-order valence-corrected chi connectivity index (χ4v) is 2.15. The van der Waals surface area contributed by atoms with Gasteiger partial charge in [-0.2, -0.15) is 0 Å². The van der Waals surface area contributed by atoms with Crippen molar-refractivity contribution in [2.45, 2.75) is 32.4 Å². The molecule has 1 saturated heterocycles. The van der Waals surface area contributed by atoms with Gasteiger partial charge in [0.25, 0.3) is 5.91 Å². The molecule has 0 aromatic carbocycles. The third kappa shape index (κ3) is 3.89. The first-order valence-electron chi connectivity index (χ1n) is 7.26. The summed E-state index contributed by atoms with van der Waals surface area (Å²) in [6, 6.07) is 3.38. The van der Waals surface area contributed by atoms with Gasteiger partial charge in [-0.3, -0.25) is 4.79 Å². The molecule has 1 aromatic heterocycles. The number of nitrogens with zero attached hydrogens (tertiary/aromatic N) is 3. The second kappa shape index (κ2) is 7.33. The van der Waals surface area contributed by atoms with Crippen molar-refractivity contribution in [1.29, 1.82) is 0 Å². The maximum Gasteiger partial charge on any atom is 0.274 e. The molecule has 0 bridgehead atoms. The lowest BCUT2D eigenvalue weighted by Crippen LogP contribution is -2.52. The SMILES string of the molecule is CCCNc1ccc(C(=O)N2CC(CO)OCC2C)nn1. The molecule has 0 spiro atoms. The number of aliphatic hydroxyl groups is 1. The van der Waals surface area contributed by atoms with Crippen molar-refractivity contribution in [3.63, 3.8) is 0 Å². The molecule has 2 unspecified atom stereocenters. The minimum atomic E-state index is -0.330. The van der Waals surface area contributed by atoms with Crippen LogP contribution in [0.4, 0.5) is 5.82 Å². The highest BCUT2D eigenvalue weighted by atomic mass is 16.5. The number of carbonyl (C=O) groups is 1. The van der Waals surface area contributed by atoms with Gasteiger partial charge in [-0.1, -0.05) is 6.92 Å². The number of hydrogen-bond donors (Lipinski definition) is 2. The van der Waals surface area contributed by atoms with Crippen molar-refractivity contribution in [1.82, 2.24) is 15.1 Å². The van der Waals surface area contributed by atoms with E-state index in [0.717, 1.165) is 13.0 Å². The van der Waals surface area contributed by atoms with E-state index in [2.05, 4.69) is 22.4 Å². The van der Waals surface area contributed by atoms with Crippen molar-refractivity contribution in [3.05, 3.63) is 17.8 Å². The Labute approximate surface area is 124 Å². The van der Waals surface area contributed by atoms with Crippen LogP contribution < -0.4 is 5.32 Å². The number of morpholine rings is 1. The molecule has 2 heterocycles. The van der Waals surface area contributed by atoms with E-state index in [4.69, 9.17) is 9.84 Å². The Morgan fingerprint density at radius 3 is 2.95 bits per heavy atom. The van der Waals surface area contributed by atoms with E-state index in [1.165, 1.54) is 0 Å². The van der Waals surface area contributed by atoms with Gasteiger partial charge in [0.2, 0.25) is 0 Å². The summed E-state index contributed by atoms with van der Waals surface area (Å²) in [5, 5.41) is 20.3. The highest BCUT2D eigenvalue weighted by molar-refractivity contribution is 5.92. The summed E-state index contributed by atoms with van der Waals surface area (Å²) in [5.74, 6) is 0.482. The zero-order valence-corrected chi connectivity index (χ0v) is 12.5. The van der Waals surface area contributed by atoms with Gasteiger partial charge in [0, 0.05) is 13.1 Å². The minimum Gasteiger partial charge on any atom is -0.394 e. The van der Waals surface area contributed by atoms with Crippen molar-refractivity contribution in [2.24, 2.45) is 0 Å². The Hall–Kier alpha value is -1.73. The van der Waals surface area contributed by atoms with Crippen LogP contribution in [-0.2, 0) is 4.74 Å². The van der Waals surface area contributed by atoms with Gasteiger partial charge in [0.1, 0.15) is 5.82 Å². The summed E-state index contributed by atoms with van der Waals surface area (Å²) in [7, 11) is 0. The fraction of sp³-hybridized carbons (Fsp3) is 0.643. The molecule has 0 aliphatic carbocycles. The summed E-state index contributed by atoms with van der Waals surface area (Å²) >= 11 is 0. The number of aliphatic hydroxyl groups excluding tert-OH is 1. The smallest absolute Gasteiger partial charge is 0.274 e. The normalized spacial score (nSPS) is 22.1. The van der Waals surface area contributed by atoms with Crippen molar-refractivity contribution in [3.8, 4) is 0 Å². The second-order valence-corrected chi connectivity index (χ2v) is 5.18. The molecule has 2 atom stereocenters. The van der Waals surface area contributed by atoms with E-state index in [-0.39, 0.29) is 24.7 Å². The van der Waals surface area contributed by atoms with Crippen molar-refractivity contribution in [2.75, 3.05) is 31.6 Å². The van der Waals surface area contributed by atoms with Crippen LogP contribution in [0.3, 0.4) is 0 Å². The predicted molar refractivity (Wildman–Crippen MR) is 78.1 cm³/mol. The molecule has 1 amide bonds. The second-order valence-electron chi connectivity index (χ2n) is 5.18. The first-order valence-corrected chi connectivity index (χ1v) is 7.26. The molecule has 2 rings (SSSR count). The van der Waals surface area contributed by atoms with Gasteiger partial charge in [0.05, 0.1) is 25.4 Å². The number of hydrogen-bond acceptors (Lipinski definition) is 6. The molecule has 0 saturated carbocycles. The van der Waals surface area contributed by atoms with Gasteiger partial charge in [-0.15, -0.1) is 10.2 Å². The monoisotopic (exact) mass is 294 g/mol. The van der Waals surface area contributed by atoms with Crippen LogP contribution in [0.1, 0.15) is 30.8 Å². The van der Waals surface area contributed by atoms with E-state index in [1.54, 1.807) is 17.0 Å². The molecule has 116 valence electrons. The molecule has 1 aliphatic heterocycles. The molecule has 2 N–H and O–H groups in total. The Morgan fingerprint density at radius 1 is 1.52 bits per heavy atom. The quantitative estimate of drug-likeness (QED) is 0.823. The van der Waals surface area contributed by atoms with E-state index < -0.39 is 0 Å². The first kappa shape index (κ1) is 15.7. The molecule has 7 nitrogen and oxygen atoms in total. The van der Waals surface area contributed by atoms with Gasteiger partial charge in [-0.25, -0.2) is 0 Å². The van der Waals surface area contributed by atoms with Crippen LogP contribution in [0, 0.1) is 0 Å². The third-order valence-electron chi connectivity index (χ3n) is 3.41. The van der Waals surface area contributed by atoms with Gasteiger partial charge >= 0.3 is 0 Å².